The molecule has 0 fully saturated rings. The third-order valence-corrected chi connectivity index (χ3v) is 2.93. The van der Waals surface area contributed by atoms with Crippen LogP contribution in [0.2, 0.25) is 0 Å². The summed E-state index contributed by atoms with van der Waals surface area (Å²) >= 11 is 0. The summed E-state index contributed by atoms with van der Waals surface area (Å²) in [5.74, 6) is -0.462. The van der Waals surface area contributed by atoms with Gasteiger partial charge in [-0.1, -0.05) is 0 Å². The lowest BCUT2D eigenvalue weighted by atomic mass is 10.1. The van der Waals surface area contributed by atoms with Crippen LogP contribution in [0.3, 0.4) is 0 Å². The summed E-state index contributed by atoms with van der Waals surface area (Å²) in [7, 11) is 2.98. The number of aromatic nitrogens is 2. The van der Waals surface area contributed by atoms with Crippen molar-refractivity contribution >= 4 is 11.8 Å². The Morgan fingerprint density at radius 3 is 2.52 bits per heavy atom. The van der Waals surface area contributed by atoms with Crippen LogP contribution < -0.4 is 9.47 Å². The lowest BCUT2D eigenvalue weighted by molar-refractivity contribution is 0.0683. The number of carbonyl (C=O) groups excluding carboxylic acids is 1. The molecule has 0 aliphatic heterocycles. The number of aromatic carboxylic acids is 1. The van der Waals surface area contributed by atoms with Gasteiger partial charge >= 0.3 is 5.97 Å². The van der Waals surface area contributed by atoms with E-state index in [0.717, 1.165) is 4.68 Å². The highest BCUT2D eigenvalue weighted by Gasteiger charge is 2.16. The van der Waals surface area contributed by atoms with Crippen LogP contribution in [0.25, 0.3) is 0 Å². The molecule has 0 saturated heterocycles. The minimum Gasteiger partial charge on any atom is -0.493 e. The van der Waals surface area contributed by atoms with Gasteiger partial charge in [-0.2, -0.15) is 5.10 Å². The standard InChI is InChI=1S/C14H14N2O5/c1-20-12-4-3-9(7-13(12)21-2)11(17)8-16-10(14(18)19)5-6-15-16/h3-7H,8H2,1-2H3,(H,18,19). The van der Waals surface area contributed by atoms with Crippen molar-refractivity contribution in [2.24, 2.45) is 0 Å². The predicted molar refractivity (Wildman–Crippen MR) is 73.1 cm³/mol. The predicted octanol–water partition coefficient (Wildman–Crippen LogP) is 1.48. The first-order chi connectivity index (χ1) is 10.1. The van der Waals surface area contributed by atoms with E-state index in [0.29, 0.717) is 17.1 Å². The summed E-state index contributed by atoms with van der Waals surface area (Å²) in [6, 6.07) is 6.09. The lowest BCUT2D eigenvalue weighted by Crippen LogP contribution is -2.16. The molecule has 1 aromatic heterocycles. The normalized spacial score (nSPS) is 10.2. The van der Waals surface area contributed by atoms with Crippen LogP contribution in [-0.2, 0) is 6.54 Å². The number of ether oxygens (including phenoxy) is 2. The molecule has 1 N–H and O–H groups in total. The van der Waals surface area contributed by atoms with E-state index in [9.17, 15) is 9.59 Å². The zero-order valence-corrected chi connectivity index (χ0v) is 11.6. The van der Waals surface area contributed by atoms with Gasteiger partial charge in [-0.05, 0) is 24.3 Å². The number of nitrogens with zero attached hydrogens (tertiary/aromatic N) is 2. The van der Waals surface area contributed by atoms with Gasteiger partial charge in [0.25, 0.3) is 0 Å². The van der Waals surface area contributed by atoms with Crippen LogP contribution in [0.15, 0.2) is 30.5 Å². The van der Waals surface area contributed by atoms with Gasteiger partial charge in [-0.15, -0.1) is 0 Å². The highest BCUT2D eigenvalue weighted by atomic mass is 16.5. The van der Waals surface area contributed by atoms with E-state index in [1.54, 1.807) is 18.2 Å². The molecule has 110 valence electrons. The number of methoxy groups -OCH3 is 2. The largest absolute Gasteiger partial charge is 0.493 e. The van der Waals surface area contributed by atoms with Gasteiger partial charge in [0.15, 0.2) is 17.3 Å². The third-order valence-electron chi connectivity index (χ3n) is 2.93. The molecule has 7 nitrogen and oxygen atoms in total. The van der Waals surface area contributed by atoms with E-state index >= 15 is 0 Å². The molecule has 7 heteroatoms. The fraction of sp³-hybridized carbons (Fsp3) is 0.214. The van der Waals surface area contributed by atoms with Crippen molar-refractivity contribution in [1.29, 1.82) is 0 Å². The first kappa shape index (κ1) is 14.6. The summed E-state index contributed by atoms with van der Waals surface area (Å²) in [6.45, 7) is -0.163. The van der Waals surface area contributed by atoms with Crippen LogP contribution in [0.5, 0.6) is 11.5 Å². The van der Waals surface area contributed by atoms with E-state index in [1.807, 2.05) is 0 Å². The number of carboxylic acid groups (broad SMARTS) is 1. The Labute approximate surface area is 120 Å². The van der Waals surface area contributed by atoms with Gasteiger partial charge in [0.05, 0.1) is 14.2 Å². The molecule has 1 heterocycles. The molecule has 0 atom stereocenters. The monoisotopic (exact) mass is 290 g/mol. The summed E-state index contributed by atoms with van der Waals surface area (Å²) in [5.41, 5.74) is 0.350. The second-order valence-electron chi connectivity index (χ2n) is 4.17. The number of rotatable bonds is 6. The van der Waals surface area contributed by atoms with Crippen molar-refractivity contribution < 1.29 is 24.2 Å². The Morgan fingerprint density at radius 2 is 1.90 bits per heavy atom. The highest BCUT2D eigenvalue weighted by Crippen LogP contribution is 2.27. The molecule has 0 radical (unpaired) electrons. The van der Waals surface area contributed by atoms with Gasteiger partial charge in [0.2, 0.25) is 0 Å². The van der Waals surface area contributed by atoms with Crippen molar-refractivity contribution in [3.63, 3.8) is 0 Å². The van der Waals surface area contributed by atoms with Crippen LogP contribution in [-0.4, -0.2) is 40.9 Å². The van der Waals surface area contributed by atoms with E-state index < -0.39 is 5.97 Å². The first-order valence-electron chi connectivity index (χ1n) is 6.07. The van der Waals surface area contributed by atoms with Crippen molar-refractivity contribution in [2.75, 3.05) is 14.2 Å². The van der Waals surface area contributed by atoms with Crippen LogP contribution >= 0.6 is 0 Å². The van der Waals surface area contributed by atoms with Gasteiger partial charge in [0.1, 0.15) is 12.2 Å². The lowest BCUT2D eigenvalue weighted by Gasteiger charge is -2.09. The number of hydrogen-bond donors (Lipinski definition) is 1. The zero-order valence-electron chi connectivity index (χ0n) is 11.6. The Bertz CT molecular complexity index is 678. The van der Waals surface area contributed by atoms with Crippen molar-refractivity contribution in [3.8, 4) is 11.5 Å². The van der Waals surface area contributed by atoms with Gasteiger partial charge < -0.3 is 14.6 Å². The Morgan fingerprint density at radius 1 is 1.19 bits per heavy atom. The maximum Gasteiger partial charge on any atom is 0.354 e. The number of hydrogen-bond acceptors (Lipinski definition) is 5. The first-order valence-corrected chi connectivity index (χ1v) is 6.07. The molecule has 0 aliphatic rings. The second-order valence-corrected chi connectivity index (χ2v) is 4.17. The second kappa shape index (κ2) is 6.08. The third kappa shape index (κ3) is 3.02. The van der Waals surface area contributed by atoms with E-state index in [-0.39, 0.29) is 18.0 Å². The molecule has 0 aliphatic carbocycles. The molecule has 21 heavy (non-hydrogen) atoms. The molecule has 2 aromatic rings. The van der Waals surface area contributed by atoms with Gasteiger partial charge in [0, 0.05) is 11.8 Å². The number of ketones is 1. The van der Waals surface area contributed by atoms with Crippen molar-refractivity contribution in [2.45, 2.75) is 6.54 Å². The molecular formula is C14H14N2O5. The average Bonchev–Trinajstić information content (AvgIpc) is 2.94. The Hall–Kier alpha value is -2.83. The molecule has 1 aromatic carbocycles. The molecule has 0 saturated carbocycles. The zero-order chi connectivity index (χ0) is 15.4. The fourth-order valence-corrected chi connectivity index (χ4v) is 1.88. The molecule has 2 rings (SSSR count). The number of benzene rings is 1. The van der Waals surface area contributed by atoms with Crippen LogP contribution in [0.4, 0.5) is 0 Å². The summed E-state index contributed by atoms with van der Waals surface area (Å²) in [4.78, 5) is 23.2. The summed E-state index contributed by atoms with van der Waals surface area (Å²) in [6.07, 6.45) is 1.34. The van der Waals surface area contributed by atoms with Crippen LogP contribution in [0, 0.1) is 0 Å². The maximum atomic E-state index is 12.2. The molecule has 0 bridgehead atoms. The Kier molecular flexibility index (Phi) is 4.22. The SMILES string of the molecule is COc1ccc(C(=O)Cn2nccc2C(=O)O)cc1OC. The fourth-order valence-electron chi connectivity index (χ4n) is 1.88. The average molecular weight is 290 g/mol. The van der Waals surface area contributed by atoms with E-state index in [2.05, 4.69) is 5.10 Å². The van der Waals surface area contributed by atoms with E-state index in [1.165, 1.54) is 26.5 Å². The molecule has 0 unspecified atom stereocenters. The molecule has 0 spiro atoms. The summed E-state index contributed by atoms with van der Waals surface area (Å²) in [5, 5.41) is 12.8. The summed E-state index contributed by atoms with van der Waals surface area (Å²) < 4.78 is 11.4. The van der Waals surface area contributed by atoms with Gasteiger partial charge in [-0.3, -0.25) is 9.48 Å². The number of carboxylic acids is 1. The minimum atomic E-state index is -1.13. The minimum absolute atomic E-state index is 0.0381. The topological polar surface area (TPSA) is 90.7 Å². The Balaban J connectivity index is 2.24. The van der Waals surface area contributed by atoms with Crippen molar-refractivity contribution in [3.05, 3.63) is 41.7 Å². The smallest absolute Gasteiger partial charge is 0.354 e. The van der Waals surface area contributed by atoms with Crippen molar-refractivity contribution in [1.82, 2.24) is 9.78 Å². The number of Topliss-reactive ketones (excluding diaryl/α,β-unsaturated/α-hetero) is 1. The number of carbonyl (C=O) groups is 2. The van der Waals surface area contributed by atoms with Crippen LogP contribution in [0.1, 0.15) is 20.8 Å². The molecular weight excluding hydrogens is 276 g/mol. The highest BCUT2D eigenvalue weighted by molar-refractivity contribution is 5.97. The quantitative estimate of drug-likeness (QED) is 0.810. The van der Waals surface area contributed by atoms with E-state index in [4.69, 9.17) is 14.6 Å². The maximum absolute atomic E-state index is 12.2. The molecule has 0 amide bonds. The van der Waals surface area contributed by atoms with Gasteiger partial charge in [-0.25, -0.2) is 4.79 Å².